The van der Waals surface area contributed by atoms with E-state index < -0.39 is 0 Å². The van der Waals surface area contributed by atoms with Crippen LogP contribution in [-0.2, 0) is 23.0 Å². The summed E-state index contributed by atoms with van der Waals surface area (Å²) < 4.78 is 56.5. The summed E-state index contributed by atoms with van der Waals surface area (Å²) in [7, 11) is 0. The molecule has 4 aromatic rings. The second-order valence-corrected chi connectivity index (χ2v) is 26.5. The molecule has 0 saturated heterocycles. The number of thiol groups is 4. The maximum absolute atomic E-state index is 7.06. The van der Waals surface area contributed by atoms with E-state index in [1.54, 1.807) is 0 Å². The first-order valence-electron chi connectivity index (χ1n) is 34.1. The van der Waals surface area contributed by atoms with Gasteiger partial charge in [-0.1, -0.05) is 153 Å². The maximum atomic E-state index is 7.06. The summed E-state index contributed by atoms with van der Waals surface area (Å²) in [6, 6.07) is 9.97. The van der Waals surface area contributed by atoms with Crippen LogP contribution in [0.3, 0.4) is 0 Å². The van der Waals surface area contributed by atoms with E-state index in [9.17, 15) is 0 Å². The first-order valence-corrected chi connectivity index (χ1v) is 36.7. The number of allylic oxidation sites excluding steroid dienone is 4. The molecule has 88 heavy (non-hydrogen) atoms. The molecule has 1 aliphatic carbocycles. The average molecular weight is 1270 g/mol. The van der Waals surface area contributed by atoms with Crippen LogP contribution in [0.1, 0.15) is 296 Å². The van der Waals surface area contributed by atoms with E-state index in [1.807, 2.05) is 24.3 Å². The number of unbranched alkanes of at least 4 members (excludes halogenated alkanes) is 24. The standard InChI is InChI=1S/C76H104O8S4/c1-5-9-13-17-21-25-29-33-37-53-57-41-59-54(38-34-30-26-22-18-14-10-6-2)61-43-63-56(40-36-32-28-24-20-16-12-8-4)64-44-62-55(39-35-31-27-23-19-15-11-7-3)60-42-58(53)70-66(46-86)72(60)80-51-82-74(62)68(48-88)76(64)84-52-83-75(63)67(47-87)73(61)81-50-79-71(59)65(45-85)69(57)77-49-78-70/h5-8,41-44,53-56,85-88H,1-4,9-40,45-52H2. The summed E-state index contributed by atoms with van der Waals surface area (Å²) in [5.74, 6) is 7.54. The van der Waals surface area contributed by atoms with Gasteiger partial charge >= 0.3 is 0 Å². The summed E-state index contributed by atoms with van der Waals surface area (Å²) in [5, 5.41) is 0. The summed E-state index contributed by atoms with van der Waals surface area (Å²) in [6.45, 7) is 15.9. The Hall–Kier alpha value is -4.36. The Morgan fingerprint density at radius 3 is 0.580 bits per heavy atom. The normalized spacial score (nSPS) is 17.4. The second-order valence-electron chi connectivity index (χ2n) is 25.2. The third-order valence-electron chi connectivity index (χ3n) is 19.4. The van der Waals surface area contributed by atoms with Gasteiger partial charge in [-0.05, 0) is 101 Å². The molecule has 0 aromatic heterocycles. The van der Waals surface area contributed by atoms with Crippen LogP contribution >= 0.6 is 50.5 Å². The predicted octanol–water partition coefficient (Wildman–Crippen LogP) is 22.4. The van der Waals surface area contributed by atoms with E-state index in [0.29, 0.717) is 23.0 Å². The van der Waals surface area contributed by atoms with Gasteiger partial charge in [0.2, 0.25) is 27.2 Å². The van der Waals surface area contributed by atoms with Crippen molar-refractivity contribution in [2.75, 3.05) is 27.2 Å². The molecular weight excluding hydrogens is 1170 g/mol. The Kier molecular flexibility index (Phi) is 27.8. The van der Waals surface area contributed by atoms with Crippen LogP contribution in [0.25, 0.3) is 0 Å². The number of benzene rings is 4. The molecule has 0 radical (unpaired) electrons. The predicted molar refractivity (Wildman–Crippen MR) is 377 cm³/mol. The molecule has 4 heterocycles. The Morgan fingerprint density at radius 2 is 0.420 bits per heavy atom. The van der Waals surface area contributed by atoms with Crippen molar-refractivity contribution in [3.8, 4) is 46.0 Å². The lowest BCUT2D eigenvalue weighted by molar-refractivity contribution is 0.0953. The molecule has 8 nitrogen and oxygen atoms in total. The highest BCUT2D eigenvalue weighted by molar-refractivity contribution is 7.79. The SMILES string of the molecule is C=CCCCCCCCCC1c2cc3c4c(CS)c2OCOc2c1cc1c(c2CS)OCOc2c(cc5c(c2CS)OCOc2c(cc(c(c2CS)OCO4)C3CCCCCCCCC=C)C5CCCCCCCCC=C)C1CCCCCCCCC=C. The van der Waals surface area contributed by atoms with Crippen molar-refractivity contribution in [1.29, 1.82) is 0 Å². The monoisotopic (exact) mass is 1270 g/mol. The summed E-state index contributed by atoms with van der Waals surface area (Å²) in [4.78, 5) is 0. The Morgan fingerprint density at radius 1 is 0.261 bits per heavy atom. The molecule has 4 aromatic carbocycles. The van der Waals surface area contributed by atoms with E-state index in [2.05, 4.69) is 50.6 Å². The van der Waals surface area contributed by atoms with Crippen molar-refractivity contribution < 1.29 is 37.9 Å². The molecule has 8 bridgehead atoms. The molecular formula is C76H104O8S4. The molecule has 9 rings (SSSR count). The van der Waals surface area contributed by atoms with Crippen LogP contribution in [0.2, 0.25) is 0 Å². The number of ether oxygens (including phenoxy) is 8. The van der Waals surface area contributed by atoms with E-state index in [0.717, 1.165) is 215 Å². The van der Waals surface area contributed by atoms with Crippen LogP contribution in [0, 0.1) is 0 Å². The smallest absolute Gasteiger partial charge is 0.230 e. The highest BCUT2D eigenvalue weighted by atomic mass is 32.1. The maximum Gasteiger partial charge on any atom is 0.230 e. The minimum Gasteiger partial charge on any atom is -0.457 e. The highest BCUT2D eigenvalue weighted by Gasteiger charge is 2.41. The third-order valence-corrected chi connectivity index (χ3v) is 20.7. The fourth-order valence-electron chi connectivity index (χ4n) is 14.9. The minimum absolute atomic E-state index is 0.00668. The largest absolute Gasteiger partial charge is 0.457 e. The Balaban J connectivity index is 1.32. The molecule has 480 valence electrons. The van der Waals surface area contributed by atoms with Gasteiger partial charge in [-0.2, -0.15) is 50.5 Å². The van der Waals surface area contributed by atoms with Gasteiger partial charge in [0.15, 0.2) is 0 Å². The van der Waals surface area contributed by atoms with Gasteiger partial charge in [0, 0.05) is 113 Å². The lowest BCUT2D eigenvalue weighted by Crippen LogP contribution is -2.25. The molecule has 0 N–H and O–H groups in total. The minimum atomic E-state index is -0.114. The zero-order valence-corrected chi connectivity index (χ0v) is 56.7. The summed E-state index contributed by atoms with van der Waals surface area (Å²) in [5.41, 5.74) is 13.0. The summed E-state index contributed by atoms with van der Waals surface area (Å²) >= 11 is 20.9. The Bertz CT molecular complexity index is 2420. The topological polar surface area (TPSA) is 73.8 Å². The molecule has 12 heteroatoms. The molecule has 4 aliphatic heterocycles. The van der Waals surface area contributed by atoms with Gasteiger partial charge in [0.25, 0.3) is 0 Å². The van der Waals surface area contributed by atoms with Gasteiger partial charge in [-0.3, -0.25) is 0 Å². The van der Waals surface area contributed by atoms with Crippen LogP contribution in [0.4, 0.5) is 0 Å². The summed E-state index contributed by atoms with van der Waals surface area (Å²) in [6.07, 6.45) is 43.8. The zero-order chi connectivity index (χ0) is 61.5. The van der Waals surface area contributed by atoms with Crippen molar-refractivity contribution in [3.05, 3.63) is 142 Å². The number of rotatable bonds is 40. The van der Waals surface area contributed by atoms with Gasteiger partial charge < -0.3 is 37.9 Å². The highest BCUT2D eigenvalue weighted by Crippen LogP contribution is 2.59. The second kappa shape index (κ2) is 36.0. The van der Waals surface area contributed by atoms with Crippen molar-refractivity contribution in [1.82, 2.24) is 0 Å². The van der Waals surface area contributed by atoms with Crippen molar-refractivity contribution in [3.63, 3.8) is 0 Å². The fraction of sp³-hybridized carbons (Fsp3) is 0.579. The molecule has 0 unspecified atom stereocenters. The Labute approximate surface area is 551 Å². The van der Waals surface area contributed by atoms with Gasteiger partial charge in [0.05, 0.1) is 0 Å². The van der Waals surface area contributed by atoms with Crippen molar-refractivity contribution in [2.45, 2.75) is 252 Å². The molecule has 0 saturated carbocycles. The molecule has 0 fully saturated rings. The average Bonchev–Trinajstić information content (AvgIpc) is 0.797. The van der Waals surface area contributed by atoms with Crippen LogP contribution in [0.15, 0.2) is 74.9 Å². The van der Waals surface area contributed by atoms with Crippen LogP contribution < -0.4 is 37.9 Å². The van der Waals surface area contributed by atoms with E-state index >= 15 is 0 Å². The van der Waals surface area contributed by atoms with Crippen molar-refractivity contribution in [2.24, 2.45) is 0 Å². The lowest BCUT2D eigenvalue weighted by atomic mass is 9.74. The fourth-order valence-corrected chi connectivity index (χ4v) is 16.0. The lowest BCUT2D eigenvalue weighted by Gasteiger charge is -2.37. The number of hydrogen-bond donors (Lipinski definition) is 4. The quantitative estimate of drug-likeness (QED) is 0.0199. The molecule has 0 amide bonds. The number of hydrogen-bond acceptors (Lipinski definition) is 12. The van der Waals surface area contributed by atoms with Gasteiger partial charge in [0.1, 0.15) is 46.0 Å². The van der Waals surface area contributed by atoms with Gasteiger partial charge in [-0.15, -0.1) is 26.3 Å². The van der Waals surface area contributed by atoms with Crippen molar-refractivity contribution >= 4 is 50.5 Å². The van der Waals surface area contributed by atoms with Gasteiger partial charge in [-0.25, -0.2) is 0 Å². The van der Waals surface area contributed by atoms with Crippen LogP contribution in [-0.4, -0.2) is 27.2 Å². The van der Waals surface area contributed by atoms with Crippen LogP contribution in [0.5, 0.6) is 46.0 Å². The molecule has 0 spiro atoms. The first-order chi connectivity index (χ1) is 43.5. The van der Waals surface area contributed by atoms with E-state index in [1.165, 1.54) is 103 Å². The van der Waals surface area contributed by atoms with E-state index in [-0.39, 0.29) is 50.8 Å². The first kappa shape index (κ1) is 68.0. The molecule has 5 aliphatic rings. The zero-order valence-electron chi connectivity index (χ0n) is 53.1. The third kappa shape index (κ3) is 16.5. The molecule has 0 atom stereocenters. The van der Waals surface area contributed by atoms with E-state index in [4.69, 9.17) is 88.4 Å².